The average Bonchev–Trinajstić information content (AvgIpc) is 3.04. The van der Waals surface area contributed by atoms with Crippen LogP contribution in [0.3, 0.4) is 0 Å². The van der Waals surface area contributed by atoms with Gasteiger partial charge in [0.1, 0.15) is 0 Å². The van der Waals surface area contributed by atoms with Gasteiger partial charge in [0.25, 0.3) is 16.0 Å². The topological polar surface area (TPSA) is 113 Å². The van der Waals surface area contributed by atoms with Crippen molar-refractivity contribution in [3.8, 4) is 22.3 Å². The molecule has 0 aliphatic carbocycles. The SMILES string of the molecule is O=C(NCCS(=O)(=O)O)c1ccc(CC(C(=O)Nc2ccc(-c3ccccc3Cl)cc2)c2ccc(-c3ccccc3Cl)cc2)cc1. The summed E-state index contributed by atoms with van der Waals surface area (Å²) in [6.07, 6.45) is 0.347. The first-order chi connectivity index (χ1) is 22.1. The predicted octanol–water partition coefficient (Wildman–Crippen LogP) is 7.91. The fraction of sp³-hybridized carbons (Fsp3) is 0.111. The molecule has 2 amide bonds. The van der Waals surface area contributed by atoms with E-state index in [1.54, 1.807) is 24.3 Å². The quantitative estimate of drug-likeness (QED) is 0.123. The molecule has 0 aliphatic rings. The Kier molecular flexibility index (Phi) is 10.6. The molecule has 7 nitrogen and oxygen atoms in total. The molecular weight excluding hydrogens is 643 g/mol. The highest BCUT2D eigenvalue weighted by Crippen LogP contribution is 2.32. The molecule has 0 aromatic heterocycles. The van der Waals surface area contributed by atoms with Gasteiger partial charge in [0, 0.05) is 39.0 Å². The van der Waals surface area contributed by atoms with Crippen molar-refractivity contribution < 1.29 is 22.6 Å². The summed E-state index contributed by atoms with van der Waals surface area (Å²) >= 11 is 12.8. The normalized spacial score (nSPS) is 11.9. The second-order valence-corrected chi connectivity index (χ2v) is 13.0. The number of hydrogen-bond donors (Lipinski definition) is 3. The van der Waals surface area contributed by atoms with Gasteiger partial charge in [0.2, 0.25) is 5.91 Å². The Balaban J connectivity index is 1.36. The molecule has 0 saturated carbocycles. The molecule has 1 atom stereocenters. The van der Waals surface area contributed by atoms with E-state index in [9.17, 15) is 18.0 Å². The van der Waals surface area contributed by atoms with E-state index in [2.05, 4.69) is 10.6 Å². The molecule has 0 bridgehead atoms. The zero-order valence-electron chi connectivity index (χ0n) is 24.5. The summed E-state index contributed by atoms with van der Waals surface area (Å²) < 4.78 is 30.8. The van der Waals surface area contributed by atoms with Gasteiger partial charge < -0.3 is 10.6 Å². The monoisotopic (exact) mass is 672 g/mol. The van der Waals surface area contributed by atoms with Crippen LogP contribution in [0.4, 0.5) is 5.69 Å². The van der Waals surface area contributed by atoms with Gasteiger partial charge in [0.15, 0.2) is 0 Å². The van der Waals surface area contributed by atoms with E-state index in [4.69, 9.17) is 27.8 Å². The van der Waals surface area contributed by atoms with E-state index < -0.39 is 27.7 Å². The Morgan fingerprint density at radius 3 is 1.74 bits per heavy atom. The Morgan fingerprint density at radius 1 is 0.696 bits per heavy atom. The fourth-order valence-corrected chi connectivity index (χ4v) is 5.88. The molecular formula is C36H30Cl2N2O5S. The fourth-order valence-electron chi connectivity index (χ4n) is 5.03. The van der Waals surface area contributed by atoms with Crippen LogP contribution in [0.25, 0.3) is 22.3 Å². The highest BCUT2D eigenvalue weighted by molar-refractivity contribution is 7.85. The van der Waals surface area contributed by atoms with E-state index in [1.165, 1.54) is 0 Å². The van der Waals surface area contributed by atoms with E-state index in [0.29, 0.717) is 27.7 Å². The predicted molar refractivity (Wildman–Crippen MR) is 184 cm³/mol. The van der Waals surface area contributed by atoms with Gasteiger partial charge in [-0.15, -0.1) is 0 Å². The van der Waals surface area contributed by atoms with Crippen LogP contribution >= 0.6 is 23.2 Å². The lowest BCUT2D eigenvalue weighted by Gasteiger charge is -2.19. The third-order valence-corrected chi connectivity index (χ3v) is 8.83. The molecule has 5 rings (SSSR count). The first-order valence-electron chi connectivity index (χ1n) is 14.4. The van der Waals surface area contributed by atoms with Gasteiger partial charge in [-0.05, 0) is 65.1 Å². The van der Waals surface area contributed by atoms with Gasteiger partial charge in [-0.25, -0.2) is 0 Å². The first-order valence-corrected chi connectivity index (χ1v) is 16.8. The van der Waals surface area contributed by atoms with Gasteiger partial charge in [-0.2, -0.15) is 8.42 Å². The maximum Gasteiger partial charge on any atom is 0.266 e. The summed E-state index contributed by atoms with van der Waals surface area (Å²) in [4.78, 5) is 26.3. The second-order valence-electron chi connectivity index (χ2n) is 10.6. The van der Waals surface area contributed by atoms with E-state index in [1.807, 2.05) is 97.1 Å². The number of halogens is 2. The molecule has 0 aliphatic heterocycles. The van der Waals surface area contributed by atoms with Crippen molar-refractivity contribution in [3.05, 3.63) is 148 Å². The molecule has 0 fully saturated rings. The molecule has 10 heteroatoms. The molecule has 46 heavy (non-hydrogen) atoms. The molecule has 5 aromatic carbocycles. The Morgan fingerprint density at radius 2 is 1.22 bits per heavy atom. The zero-order valence-corrected chi connectivity index (χ0v) is 26.8. The highest BCUT2D eigenvalue weighted by Gasteiger charge is 2.22. The summed E-state index contributed by atoms with van der Waals surface area (Å²) in [5.41, 5.74) is 6.21. The van der Waals surface area contributed by atoms with Crippen molar-refractivity contribution in [2.45, 2.75) is 12.3 Å². The van der Waals surface area contributed by atoms with Crippen molar-refractivity contribution in [1.29, 1.82) is 0 Å². The lowest BCUT2D eigenvalue weighted by molar-refractivity contribution is -0.117. The van der Waals surface area contributed by atoms with Crippen molar-refractivity contribution in [3.63, 3.8) is 0 Å². The molecule has 0 spiro atoms. The molecule has 0 radical (unpaired) electrons. The van der Waals surface area contributed by atoms with Crippen LogP contribution in [0.5, 0.6) is 0 Å². The number of rotatable bonds is 11. The standard InChI is InChI=1S/C36H30Cl2N2O5S/c37-33-7-3-1-5-30(33)25-13-15-27(16-14-25)32(23-24-9-11-28(12-10-24)35(41)39-21-22-46(43,44)45)36(42)40-29-19-17-26(18-20-29)31-6-2-4-8-34(31)38/h1-20,32H,21-23H2,(H,39,41)(H,40,42)(H,43,44,45). The number of hydrogen-bond acceptors (Lipinski definition) is 4. The lowest BCUT2D eigenvalue weighted by Crippen LogP contribution is -2.28. The van der Waals surface area contributed by atoms with Crippen molar-refractivity contribution in [1.82, 2.24) is 5.32 Å². The minimum atomic E-state index is -4.18. The summed E-state index contributed by atoms with van der Waals surface area (Å²) in [7, 11) is -4.18. The number of nitrogens with one attached hydrogen (secondary N) is 2. The zero-order chi connectivity index (χ0) is 32.7. The smallest absolute Gasteiger partial charge is 0.266 e. The first kappa shape index (κ1) is 32.9. The number of carbonyl (C=O) groups excluding carboxylic acids is 2. The highest BCUT2D eigenvalue weighted by atomic mass is 35.5. The van der Waals surface area contributed by atoms with Crippen LogP contribution in [0, 0.1) is 0 Å². The largest absolute Gasteiger partial charge is 0.351 e. The summed E-state index contributed by atoms with van der Waals surface area (Å²) in [5, 5.41) is 6.79. The third-order valence-electron chi connectivity index (χ3n) is 7.45. The maximum atomic E-state index is 13.8. The molecule has 0 saturated heterocycles. The third kappa shape index (κ3) is 8.62. The minimum absolute atomic E-state index is 0.206. The van der Waals surface area contributed by atoms with Gasteiger partial charge in [-0.1, -0.05) is 108 Å². The second kappa shape index (κ2) is 14.7. The Labute approximate surface area is 278 Å². The Bertz CT molecular complexity index is 1950. The number of amides is 2. The van der Waals surface area contributed by atoms with Crippen LogP contribution in [-0.4, -0.2) is 37.1 Å². The maximum absolute atomic E-state index is 13.8. The molecule has 0 heterocycles. The summed E-state index contributed by atoms with van der Waals surface area (Å²) in [6, 6.07) is 37.1. The molecule has 234 valence electrons. The molecule has 3 N–H and O–H groups in total. The number of carbonyl (C=O) groups is 2. The van der Waals surface area contributed by atoms with Crippen molar-refractivity contribution in [2.75, 3.05) is 17.6 Å². The van der Waals surface area contributed by atoms with Gasteiger partial charge >= 0.3 is 0 Å². The van der Waals surface area contributed by atoms with Crippen molar-refractivity contribution in [2.24, 2.45) is 0 Å². The number of anilines is 1. The van der Waals surface area contributed by atoms with E-state index in [-0.39, 0.29) is 12.5 Å². The van der Waals surface area contributed by atoms with Crippen LogP contribution in [0.15, 0.2) is 121 Å². The van der Waals surface area contributed by atoms with Gasteiger partial charge in [0.05, 0.1) is 11.7 Å². The summed E-state index contributed by atoms with van der Waals surface area (Å²) in [5.74, 6) is -1.83. The van der Waals surface area contributed by atoms with Crippen molar-refractivity contribution >= 4 is 50.8 Å². The molecule has 5 aromatic rings. The summed E-state index contributed by atoms with van der Waals surface area (Å²) in [6.45, 7) is -0.217. The van der Waals surface area contributed by atoms with Crippen LogP contribution in [0.1, 0.15) is 27.4 Å². The minimum Gasteiger partial charge on any atom is -0.351 e. The van der Waals surface area contributed by atoms with E-state index in [0.717, 1.165) is 33.4 Å². The van der Waals surface area contributed by atoms with Gasteiger partial charge in [-0.3, -0.25) is 14.1 Å². The Hall–Kier alpha value is -4.47. The van der Waals surface area contributed by atoms with Crippen LogP contribution in [-0.2, 0) is 21.3 Å². The van der Waals surface area contributed by atoms with Crippen LogP contribution < -0.4 is 10.6 Å². The van der Waals surface area contributed by atoms with Crippen LogP contribution in [0.2, 0.25) is 10.0 Å². The lowest BCUT2D eigenvalue weighted by atomic mass is 9.89. The van der Waals surface area contributed by atoms with E-state index >= 15 is 0 Å². The molecule has 1 unspecified atom stereocenters. The number of benzene rings is 5. The average molecular weight is 674 g/mol.